The number of para-hydroxylation sites is 4. The van der Waals surface area contributed by atoms with Crippen molar-refractivity contribution in [3.05, 3.63) is 180 Å². The number of nitrogens with one attached hydrogen (secondary N) is 2. The quantitative estimate of drug-likeness (QED) is 0.106. The van der Waals surface area contributed by atoms with E-state index in [0.717, 1.165) is 41.0 Å². The molecule has 2 aliphatic rings. The molecule has 2 fully saturated rings. The van der Waals surface area contributed by atoms with Crippen LogP contribution < -0.4 is 20.1 Å². The van der Waals surface area contributed by atoms with Gasteiger partial charge in [-0.05, 0) is 104 Å². The normalized spacial score (nSPS) is 16.4. The van der Waals surface area contributed by atoms with E-state index >= 15 is 0 Å². The van der Waals surface area contributed by atoms with Crippen molar-refractivity contribution in [1.82, 2.24) is 9.96 Å². The van der Waals surface area contributed by atoms with Gasteiger partial charge >= 0.3 is 0 Å². The maximum Gasteiger partial charge on any atom is 0.258 e. The second-order valence-corrected chi connectivity index (χ2v) is 14.7. The molecular formula is C50H46N4O6. The molecule has 0 bridgehead atoms. The largest absolute Gasteiger partial charge is 0.457 e. The molecule has 2 atom stereocenters. The Morgan fingerprint density at radius 3 is 1.68 bits per heavy atom. The van der Waals surface area contributed by atoms with Gasteiger partial charge in [0.1, 0.15) is 35.1 Å². The van der Waals surface area contributed by atoms with Crippen LogP contribution in [0.25, 0.3) is 12.2 Å². The number of likely N-dealkylation sites (tertiary alicyclic amines) is 1. The summed E-state index contributed by atoms with van der Waals surface area (Å²) < 4.78 is 12.1. The maximum absolute atomic E-state index is 13.7. The van der Waals surface area contributed by atoms with E-state index in [2.05, 4.69) is 10.6 Å². The third kappa shape index (κ3) is 9.98. The van der Waals surface area contributed by atoms with Gasteiger partial charge in [0, 0.05) is 30.0 Å². The molecule has 6 aromatic rings. The van der Waals surface area contributed by atoms with E-state index < -0.39 is 12.1 Å². The number of nitrogens with zero attached hydrogens (tertiary/aromatic N) is 2. The monoisotopic (exact) mass is 798 g/mol. The third-order valence-electron chi connectivity index (χ3n) is 10.6. The first-order chi connectivity index (χ1) is 29.5. The Kier molecular flexibility index (Phi) is 12.7. The van der Waals surface area contributed by atoms with Gasteiger partial charge in [0.05, 0.1) is 12.2 Å². The van der Waals surface area contributed by atoms with E-state index in [1.165, 1.54) is 0 Å². The SMILES string of the molecule is O=C(Nc1ccc(/C=C/c2ccc(NC(=O)[C@@H]3CCCN3C(=O)c3ccccc3Oc3ccccc3)cc2)cc1)[C@@H]1CCCN1OCc1ccccc1Oc1ccccc1. The summed E-state index contributed by atoms with van der Waals surface area (Å²) in [5, 5.41) is 7.84. The van der Waals surface area contributed by atoms with Gasteiger partial charge in [-0.3, -0.25) is 19.2 Å². The predicted octanol–water partition coefficient (Wildman–Crippen LogP) is 10.2. The molecule has 302 valence electrons. The highest BCUT2D eigenvalue weighted by Crippen LogP contribution is 2.30. The third-order valence-corrected chi connectivity index (χ3v) is 10.6. The molecule has 0 radical (unpaired) electrons. The van der Waals surface area contributed by atoms with Gasteiger partial charge < -0.3 is 25.0 Å². The molecule has 0 aliphatic carbocycles. The summed E-state index contributed by atoms with van der Waals surface area (Å²) in [4.78, 5) is 48.4. The summed E-state index contributed by atoms with van der Waals surface area (Å²) in [7, 11) is 0. The zero-order chi connectivity index (χ0) is 41.1. The van der Waals surface area contributed by atoms with Crippen molar-refractivity contribution in [2.24, 2.45) is 0 Å². The average molecular weight is 799 g/mol. The fourth-order valence-corrected chi connectivity index (χ4v) is 7.43. The molecule has 10 nitrogen and oxygen atoms in total. The molecule has 2 aliphatic heterocycles. The second-order valence-electron chi connectivity index (χ2n) is 14.7. The molecule has 8 rings (SSSR count). The van der Waals surface area contributed by atoms with Crippen molar-refractivity contribution >= 4 is 41.2 Å². The maximum atomic E-state index is 13.7. The first-order valence-electron chi connectivity index (χ1n) is 20.3. The fourth-order valence-electron chi connectivity index (χ4n) is 7.43. The topological polar surface area (TPSA) is 109 Å². The highest BCUT2D eigenvalue weighted by atomic mass is 16.7. The van der Waals surface area contributed by atoms with Crippen molar-refractivity contribution in [1.29, 1.82) is 0 Å². The van der Waals surface area contributed by atoms with Crippen LogP contribution >= 0.6 is 0 Å². The number of anilines is 2. The number of rotatable bonds is 14. The highest BCUT2D eigenvalue weighted by molar-refractivity contribution is 6.03. The molecule has 3 amide bonds. The minimum Gasteiger partial charge on any atom is -0.457 e. The zero-order valence-corrected chi connectivity index (χ0v) is 33.1. The number of carbonyl (C=O) groups is 3. The van der Waals surface area contributed by atoms with Crippen LogP contribution in [0.4, 0.5) is 11.4 Å². The number of amides is 3. The highest BCUT2D eigenvalue weighted by Gasteiger charge is 2.36. The van der Waals surface area contributed by atoms with Crippen LogP contribution in [0.5, 0.6) is 23.0 Å². The van der Waals surface area contributed by atoms with Crippen molar-refractivity contribution in [3.8, 4) is 23.0 Å². The minimum absolute atomic E-state index is 0.109. The number of benzene rings is 6. The Labute approximate surface area is 350 Å². The first kappa shape index (κ1) is 39.8. The van der Waals surface area contributed by atoms with Crippen LogP contribution in [0, 0.1) is 0 Å². The lowest BCUT2D eigenvalue weighted by atomic mass is 10.1. The van der Waals surface area contributed by atoms with Gasteiger partial charge in [0.25, 0.3) is 5.91 Å². The molecular weight excluding hydrogens is 753 g/mol. The molecule has 0 saturated carbocycles. The summed E-state index contributed by atoms with van der Waals surface area (Å²) in [6, 6.07) is 48.1. The lowest BCUT2D eigenvalue weighted by Gasteiger charge is -2.25. The summed E-state index contributed by atoms with van der Waals surface area (Å²) in [5.74, 6) is 1.99. The summed E-state index contributed by atoms with van der Waals surface area (Å²) in [5.41, 5.74) is 4.59. The van der Waals surface area contributed by atoms with Gasteiger partial charge in [0.15, 0.2) is 0 Å². The van der Waals surface area contributed by atoms with Gasteiger partial charge in [-0.2, -0.15) is 5.06 Å². The zero-order valence-electron chi connectivity index (χ0n) is 33.1. The number of hydrogen-bond acceptors (Lipinski definition) is 7. The van der Waals surface area contributed by atoms with Crippen LogP contribution in [0.1, 0.15) is 52.7 Å². The van der Waals surface area contributed by atoms with Crippen LogP contribution in [-0.2, 0) is 21.0 Å². The molecule has 2 N–H and O–H groups in total. The van der Waals surface area contributed by atoms with E-state index in [-0.39, 0.29) is 24.3 Å². The van der Waals surface area contributed by atoms with Crippen molar-refractivity contribution in [2.45, 2.75) is 44.4 Å². The molecule has 0 aromatic heterocycles. The molecule has 0 spiro atoms. The van der Waals surface area contributed by atoms with E-state index in [1.807, 2.05) is 152 Å². The minimum atomic E-state index is -0.589. The number of carbonyl (C=O) groups excluding carboxylic acids is 3. The Balaban J connectivity index is 0.816. The predicted molar refractivity (Wildman–Crippen MR) is 234 cm³/mol. The van der Waals surface area contributed by atoms with Crippen molar-refractivity contribution in [3.63, 3.8) is 0 Å². The Bertz CT molecular complexity index is 2420. The molecule has 2 saturated heterocycles. The Morgan fingerprint density at radius 1 is 0.550 bits per heavy atom. The lowest BCUT2D eigenvalue weighted by molar-refractivity contribution is -0.182. The molecule has 0 unspecified atom stereocenters. The van der Waals surface area contributed by atoms with Crippen LogP contribution in [0.2, 0.25) is 0 Å². The van der Waals surface area contributed by atoms with Crippen LogP contribution in [0.3, 0.4) is 0 Å². The Hall–Kier alpha value is -7.01. The van der Waals surface area contributed by atoms with E-state index in [9.17, 15) is 14.4 Å². The van der Waals surface area contributed by atoms with E-state index in [1.54, 1.807) is 28.2 Å². The van der Waals surface area contributed by atoms with Crippen molar-refractivity contribution in [2.75, 3.05) is 23.7 Å². The fraction of sp³-hybridized carbons (Fsp3) is 0.180. The van der Waals surface area contributed by atoms with Gasteiger partial charge in [-0.25, -0.2) is 0 Å². The van der Waals surface area contributed by atoms with E-state index in [4.69, 9.17) is 14.3 Å². The van der Waals surface area contributed by atoms with Gasteiger partial charge in [-0.1, -0.05) is 103 Å². The average Bonchev–Trinajstić information content (AvgIpc) is 3.98. The standard InChI is InChI=1S/C50H46N4O6/c55-48(44-19-11-33-53(44)50(57)43-18-8-10-22-47(43)60-42-16-5-2-6-17-42)51-39-29-25-36(26-30-39)23-24-37-27-31-40(32-28-37)52-49(56)45-20-12-34-54(45)58-35-38-13-7-9-21-46(38)59-41-14-3-1-4-15-41/h1-10,13-18,21-32,44-45H,11-12,19-20,33-35H2,(H,51,55)(H,52,56)/b24-23+/t44-,45-/m0/s1. The molecule has 6 aromatic carbocycles. The number of hydrogen-bond donors (Lipinski definition) is 2. The molecule has 10 heteroatoms. The molecule has 60 heavy (non-hydrogen) atoms. The Morgan fingerprint density at radius 2 is 1.05 bits per heavy atom. The van der Waals surface area contributed by atoms with E-state index in [0.29, 0.717) is 54.4 Å². The second kappa shape index (κ2) is 19.2. The van der Waals surface area contributed by atoms with Gasteiger partial charge in [-0.15, -0.1) is 0 Å². The lowest BCUT2D eigenvalue weighted by Crippen LogP contribution is -2.43. The number of hydroxylamine groups is 2. The van der Waals surface area contributed by atoms with Crippen LogP contribution in [0.15, 0.2) is 158 Å². The number of ether oxygens (including phenoxy) is 2. The smallest absolute Gasteiger partial charge is 0.258 e. The van der Waals surface area contributed by atoms with Crippen LogP contribution in [-0.4, -0.2) is 52.9 Å². The summed E-state index contributed by atoms with van der Waals surface area (Å²) in [6.07, 6.45) is 6.86. The molecule has 2 heterocycles. The van der Waals surface area contributed by atoms with Gasteiger partial charge in [0.2, 0.25) is 11.8 Å². The summed E-state index contributed by atoms with van der Waals surface area (Å²) >= 11 is 0. The summed E-state index contributed by atoms with van der Waals surface area (Å²) in [6.45, 7) is 1.44. The van der Waals surface area contributed by atoms with Crippen molar-refractivity contribution < 1.29 is 28.7 Å². The first-order valence-corrected chi connectivity index (χ1v) is 20.3.